The van der Waals surface area contributed by atoms with Crippen LogP contribution >= 0.6 is 27.5 Å². The van der Waals surface area contributed by atoms with Crippen LogP contribution in [0.15, 0.2) is 45.8 Å². The quantitative estimate of drug-likeness (QED) is 0.802. The fourth-order valence-corrected chi connectivity index (χ4v) is 3.73. The average molecular weight is 376 g/mol. The van der Waals surface area contributed by atoms with E-state index in [1.165, 1.54) is 6.07 Å². The zero-order valence-electron chi connectivity index (χ0n) is 10.5. The van der Waals surface area contributed by atoms with Crippen LogP contribution in [0.5, 0.6) is 0 Å². The van der Waals surface area contributed by atoms with Crippen LogP contribution in [-0.2, 0) is 10.0 Å². The maximum atomic E-state index is 12.4. The van der Waals surface area contributed by atoms with E-state index >= 15 is 0 Å². The number of nitrogens with two attached hydrogens (primary N) is 1. The number of benzene rings is 2. The number of nitrogens with one attached hydrogen (secondary N) is 1. The van der Waals surface area contributed by atoms with E-state index in [9.17, 15) is 8.42 Å². The van der Waals surface area contributed by atoms with Crippen molar-refractivity contribution in [2.45, 2.75) is 11.8 Å². The highest BCUT2D eigenvalue weighted by molar-refractivity contribution is 9.10. The Kier molecular flexibility index (Phi) is 4.27. The van der Waals surface area contributed by atoms with E-state index in [4.69, 9.17) is 17.3 Å². The SMILES string of the molecule is Cc1cc(N)ccc1S(=O)(=O)Nc1cccc(Cl)c1Br. The maximum absolute atomic E-state index is 12.4. The molecule has 2 aromatic carbocycles. The van der Waals surface area contributed by atoms with E-state index in [1.54, 1.807) is 37.3 Å². The monoisotopic (exact) mass is 374 g/mol. The van der Waals surface area contributed by atoms with Crippen molar-refractivity contribution >= 4 is 48.9 Å². The van der Waals surface area contributed by atoms with E-state index < -0.39 is 10.0 Å². The van der Waals surface area contributed by atoms with Crippen LogP contribution in [0.4, 0.5) is 11.4 Å². The number of rotatable bonds is 3. The minimum Gasteiger partial charge on any atom is -0.399 e. The largest absolute Gasteiger partial charge is 0.399 e. The van der Waals surface area contributed by atoms with Gasteiger partial charge in [-0.1, -0.05) is 17.7 Å². The first-order valence-corrected chi connectivity index (χ1v) is 8.29. The molecule has 7 heteroatoms. The molecule has 0 amide bonds. The highest BCUT2D eigenvalue weighted by Gasteiger charge is 2.18. The summed E-state index contributed by atoms with van der Waals surface area (Å²) in [6.07, 6.45) is 0. The summed E-state index contributed by atoms with van der Waals surface area (Å²) >= 11 is 9.20. The summed E-state index contributed by atoms with van der Waals surface area (Å²) < 4.78 is 27.8. The lowest BCUT2D eigenvalue weighted by molar-refractivity contribution is 0.600. The van der Waals surface area contributed by atoms with E-state index in [0.29, 0.717) is 26.4 Å². The van der Waals surface area contributed by atoms with Crippen LogP contribution in [0, 0.1) is 6.92 Å². The number of hydrogen-bond acceptors (Lipinski definition) is 3. The third kappa shape index (κ3) is 3.08. The molecule has 0 radical (unpaired) electrons. The molecule has 0 heterocycles. The van der Waals surface area contributed by atoms with Crippen molar-refractivity contribution in [3.05, 3.63) is 51.5 Å². The minimum atomic E-state index is -3.69. The van der Waals surface area contributed by atoms with Crippen LogP contribution in [0.3, 0.4) is 0 Å². The molecule has 2 aromatic rings. The Bertz CT molecular complexity index is 763. The lowest BCUT2D eigenvalue weighted by atomic mass is 10.2. The van der Waals surface area contributed by atoms with Crippen molar-refractivity contribution in [3.63, 3.8) is 0 Å². The summed E-state index contributed by atoms with van der Waals surface area (Å²) in [6, 6.07) is 9.60. The van der Waals surface area contributed by atoms with Crippen LogP contribution in [0.1, 0.15) is 5.56 Å². The molecule has 2 rings (SSSR count). The van der Waals surface area contributed by atoms with Crippen molar-refractivity contribution in [1.82, 2.24) is 0 Å². The van der Waals surface area contributed by atoms with Gasteiger partial charge in [-0.2, -0.15) is 0 Å². The Morgan fingerprint density at radius 3 is 2.60 bits per heavy atom. The normalized spacial score (nSPS) is 11.3. The number of hydrogen-bond donors (Lipinski definition) is 2. The molecule has 0 bridgehead atoms. The predicted octanol–water partition coefficient (Wildman–Crippen LogP) is 3.79. The third-order valence-corrected chi connectivity index (χ3v) is 5.61. The van der Waals surface area contributed by atoms with Gasteiger partial charge in [0.25, 0.3) is 10.0 Å². The van der Waals surface area contributed by atoms with Gasteiger partial charge in [-0.3, -0.25) is 4.72 Å². The molecular weight excluding hydrogens is 364 g/mol. The van der Waals surface area contributed by atoms with Crippen LogP contribution in [0.25, 0.3) is 0 Å². The van der Waals surface area contributed by atoms with Crippen LogP contribution in [0.2, 0.25) is 5.02 Å². The van der Waals surface area contributed by atoms with Crippen molar-refractivity contribution in [3.8, 4) is 0 Å². The van der Waals surface area contributed by atoms with Gasteiger partial charge in [-0.15, -0.1) is 0 Å². The molecule has 0 aliphatic heterocycles. The van der Waals surface area contributed by atoms with Gasteiger partial charge in [0.05, 0.1) is 20.1 Å². The van der Waals surface area contributed by atoms with Crippen molar-refractivity contribution in [1.29, 1.82) is 0 Å². The summed E-state index contributed by atoms with van der Waals surface area (Å²) in [7, 11) is -3.69. The first-order valence-electron chi connectivity index (χ1n) is 5.64. The Hall–Kier alpha value is -1.24. The molecule has 0 spiro atoms. The molecule has 20 heavy (non-hydrogen) atoms. The van der Waals surface area contributed by atoms with E-state index in [-0.39, 0.29) is 4.90 Å². The summed E-state index contributed by atoms with van der Waals surface area (Å²) in [5.41, 5.74) is 7.11. The lowest BCUT2D eigenvalue weighted by Gasteiger charge is -2.12. The Morgan fingerprint density at radius 2 is 1.95 bits per heavy atom. The van der Waals surface area contributed by atoms with E-state index in [2.05, 4.69) is 20.7 Å². The molecule has 0 saturated carbocycles. The van der Waals surface area contributed by atoms with Gasteiger partial charge in [0.15, 0.2) is 0 Å². The minimum absolute atomic E-state index is 0.179. The molecule has 0 aromatic heterocycles. The molecule has 0 aliphatic carbocycles. The first kappa shape index (κ1) is 15.2. The molecule has 4 nitrogen and oxygen atoms in total. The predicted molar refractivity (Wildman–Crippen MR) is 85.6 cm³/mol. The molecule has 0 aliphatic rings. The summed E-state index contributed by atoms with van der Waals surface area (Å²) in [4.78, 5) is 0.179. The van der Waals surface area contributed by atoms with Gasteiger partial charge >= 0.3 is 0 Å². The first-order chi connectivity index (χ1) is 9.31. The van der Waals surface area contributed by atoms with Crippen molar-refractivity contribution < 1.29 is 8.42 Å². The molecule has 0 fully saturated rings. The summed E-state index contributed by atoms with van der Waals surface area (Å²) in [6.45, 7) is 1.69. The Morgan fingerprint density at radius 1 is 1.25 bits per heavy atom. The van der Waals surface area contributed by atoms with Crippen molar-refractivity contribution in [2.75, 3.05) is 10.5 Å². The topological polar surface area (TPSA) is 72.2 Å². The summed E-state index contributed by atoms with van der Waals surface area (Å²) in [5, 5.41) is 0.430. The average Bonchev–Trinajstić information content (AvgIpc) is 2.34. The third-order valence-electron chi connectivity index (χ3n) is 2.68. The second-order valence-electron chi connectivity index (χ2n) is 4.23. The second-order valence-corrected chi connectivity index (χ2v) is 7.08. The number of anilines is 2. The molecular formula is C13H12BrClN2O2S. The fraction of sp³-hybridized carbons (Fsp3) is 0.0769. The number of sulfonamides is 1. The van der Waals surface area contributed by atoms with Crippen LogP contribution in [-0.4, -0.2) is 8.42 Å². The molecule has 3 N–H and O–H groups in total. The molecule has 0 saturated heterocycles. The Balaban J connectivity index is 2.44. The highest BCUT2D eigenvalue weighted by atomic mass is 79.9. The van der Waals surface area contributed by atoms with Gasteiger partial charge in [-0.25, -0.2) is 8.42 Å². The number of nitrogen functional groups attached to an aromatic ring is 1. The van der Waals surface area contributed by atoms with Gasteiger partial charge < -0.3 is 5.73 Å². The van der Waals surface area contributed by atoms with E-state index in [1.807, 2.05) is 0 Å². The van der Waals surface area contributed by atoms with E-state index in [0.717, 1.165) is 0 Å². The Labute approximate surface area is 131 Å². The standard InChI is InChI=1S/C13H12BrClN2O2S/c1-8-7-9(16)5-6-12(8)20(18,19)17-11-4-2-3-10(15)13(11)14/h2-7,17H,16H2,1H3. The zero-order chi connectivity index (χ0) is 14.9. The van der Waals surface area contributed by atoms with Crippen molar-refractivity contribution in [2.24, 2.45) is 0 Å². The molecule has 0 atom stereocenters. The fourth-order valence-electron chi connectivity index (χ4n) is 1.76. The molecule has 106 valence electrons. The van der Waals surface area contributed by atoms with Gasteiger partial charge in [-0.05, 0) is 58.7 Å². The maximum Gasteiger partial charge on any atom is 0.262 e. The van der Waals surface area contributed by atoms with Crippen LogP contribution < -0.4 is 10.5 Å². The van der Waals surface area contributed by atoms with Gasteiger partial charge in [0.1, 0.15) is 0 Å². The van der Waals surface area contributed by atoms with Gasteiger partial charge in [0, 0.05) is 5.69 Å². The number of aryl methyl sites for hydroxylation is 1. The number of halogens is 2. The second kappa shape index (κ2) is 5.63. The van der Waals surface area contributed by atoms with Gasteiger partial charge in [0.2, 0.25) is 0 Å². The smallest absolute Gasteiger partial charge is 0.262 e. The summed E-state index contributed by atoms with van der Waals surface area (Å²) in [5.74, 6) is 0. The highest BCUT2D eigenvalue weighted by Crippen LogP contribution is 2.32. The zero-order valence-corrected chi connectivity index (χ0v) is 13.7. The molecule has 0 unspecified atom stereocenters. The lowest BCUT2D eigenvalue weighted by Crippen LogP contribution is -2.14.